The molecule has 1 aromatic carbocycles. The first-order chi connectivity index (χ1) is 9.02. The average Bonchev–Trinajstić information content (AvgIpc) is 2.42. The van der Waals surface area contributed by atoms with Crippen molar-refractivity contribution in [2.75, 3.05) is 6.54 Å². The molecule has 1 rings (SSSR count). The number of carbonyl (C=O) groups excluding carboxylic acids is 1. The maximum Gasteiger partial charge on any atom is 0.335 e. The number of benzene rings is 1. The monoisotopic (exact) mass is 264 g/mol. The Morgan fingerprint density at radius 2 is 2.11 bits per heavy atom. The highest BCUT2D eigenvalue weighted by molar-refractivity contribution is 5.87. The van der Waals surface area contributed by atoms with E-state index in [0.717, 1.165) is 12.0 Å². The standard InChI is InChI=1S/C14H20N2O3/c1-3-10(2)15-9-13(17)16-8-11-5-4-6-12(7-11)14(18)19/h4-7,10,15H,3,8-9H2,1-2H3,(H,16,17)(H,18,19). The van der Waals surface area contributed by atoms with Gasteiger partial charge in [0, 0.05) is 12.6 Å². The van der Waals surface area contributed by atoms with Crippen LogP contribution in [-0.4, -0.2) is 29.6 Å². The normalized spacial score (nSPS) is 11.9. The zero-order chi connectivity index (χ0) is 14.3. The summed E-state index contributed by atoms with van der Waals surface area (Å²) < 4.78 is 0. The summed E-state index contributed by atoms with van der Waals surface area (Å²) >= 11 is 0. The molecule has 0 spiro atoms. The lowest BCUT2D eigenvalue weighted by molar-refractivity contribution is -0.120. The Kier molecular flexibility index (Phi) is 6.02. The Hall–Kier alpha value is -1.88. The molecule has 0 heterocycles. The fourth-order valence-corrected chi connectivity index (χ4v) is 1.49. The van der Waals surface area contributed by atoms with Crippen LogP contribution >= 0.6 is 0 Å². The molecule has 1 aromatic rings. The zero-order valence-electron chi connectivity index (χ0n) is 11.3. The molecular formula is C14H20N2O3. The lowest BCUT2D eigenvalue weighted by atomic mass is 10.1. The van der Waals surface area contributed by atoms with Crippen molar-refractivity contribution in [3.05, 3.63) is 35.4 Å². The van der Waals surface area contributed by atoms with Gasteiger partial charge in [-0.1, -0.05) is 19.1 Å². The number of hydrogen-bond acceptors (Lipinski definition) is 3. The van der Waals surface area contributed by atoms with E-state index in [1.54, 1.807) is 18.2 Å². The summed E-state index contributed by atoms with van der Waals surface area (Å²) in [6.07, 6.45) is 0.966. The molecule has 0 fully saturated rings. The second-order valence-corrected chi connectivity index (χ2v) is 4.47. The van der Waals surface area contributed by atoms with E-state index in [4.69, 9.17) is 5.11 Å². The molecule has 0 bridgehead atoms. The smallest absolute Gasteiger partial charge is 0.335 e. The van der Waals surface area contributed by atoms with Crippen LogP contribution in [0.4, 0.5) is 0 Å². The average molecular weight is 264 g/mol. The van der Waals surface area contributed by atoms with Crippen molar-refractivity contribution in [2.45, 2.75) is 32.9 Å². The number of aromatic carboxylic acids is 1. The molecule has 0 saturated carbocycles. The highest BCUT2D eigenvalue weighted by Crippen LogP contribution is 2.04. The van der Waals surface area contributed by atoms with Crippen LogP contribution in [0.5, 0.6) is 0 Å². The van der Waals surface area contributed by atoms with E-state index in [9.17, 15) is 9.59 Å². The SMILES string of the molecule is CCC(C)NCC(=O)NCc1cccc(C(=O)O)c1. The lowest BCUT2D eigenvalue weighted by Crippen LogP contribution is -2.37. The van der Waals surface area contributed by atoms with Gasteiger partial charge >= 0.3 is 5.97 Å². The molecule has 0 aromatic heterocycles. The van der Waals surface area contributed by atoms with E-state index in [0.29, 0.717) is 12.6 Å². The predicted octanol–water partition coefficient (Wildman–Crippen LogP) is 1.39. The van der Waals surface area contributed by atoms with Gasteiger partial charge in [0.2, 0.25) is 5.91 Å². The molecule has 0 radical (unpaired) electrons. The number of hydrogen-bond donors (Lipinski definition) is 3. The molecule has 0 aliphatic carbocycles. The summed E-state index contributed by atoms with van der Waals surface area (Å²) in [5, 5.41) is 14.7. The highest BCUT2D eigenvalue weighted by Gasteiger charge is 2.06. The van der Waals surface area contributed by atoms with Crippen LogP contribution < -0.4 is 10.6 Å². The van der Waals surface area contributed by atoms with Gasteiger partial charge in [0.25, 0.3) is 0 Å². The number of carboxylic acid groups (broad SMARTS) is 1. The van der Waals surface area contributed by atoms with Crippen LogP contribution in [0.2, 0.25) is 0 Å². The summed E-state index contributed by atoms with van der Waals surface area (Å²) in [6.45, 7) is 4.67. The summed E-state index contributed by atoms with van der Waals surface area (Å²) in [5.41, 5.74) is 1.00. The summed E-state index contributed by atoms with van der Waals surface area (Å²) in [6, 6.07) is 6.85. The van der Waals surface area contributed by atoms with Gasteiger partial charge in [-0.25, -0.2) is 4.79 Å². The maximum atomic E-state index is 11.6. The van der Waals surface area contributed by atoms with Gasteiger partial charge < -0.3 is 15.7 Å². The van der Waals surface area contributed by atoms with Crippen molar-refractivity contribution in [2.24, 2.45) is 0 Å². The Bertz CT molecular complexity index is 446. The van der Waals surface area contributed by atoms with Crippen molar-refractivity contribution in [1.82, 2.24) is 10.6 Å². The van der Waals surface area contributed by atoms with Gasteiger partial charge in [-0.15, -0.1) is 0 Å². The van der Waals surface area contributed by atoms with Gasteiger partial charge in [0.1, 0.15) is 0 Å². The number of carbonyl (C=O) groups is 2. The summed E-state index contributed by atoms with van der Waals surface area (Å²) in [4.78, 5) is 22.4. The van der Waals surface area contributed by atoms with E-state index in [2.05, 4.69) is 10.6 Å². The first-order valence-electron chi connectivity index (χ1n) is 6.35. The van der Waals surface area contributed by atoms with Crippen LogP contribution in [0.25, 0.3) is 0 Å². The van der Waals surface area contributed by atoms with Gasteiger partial charge in [-0.3, -0.25) is 4.79 Å². The fraction of sp³-hybridized carbons (Fsp3) is 0.429. The lowest BCUT2D eigenvalue weighted by Gasteiger charge is -2.11. The van der Waals surface area contributed by atoms with E-state index in [-0.39, 0.29) is 18.0 Å². The predicted molar refractivity (Wildman–Crippen MR) is 73.0 cm³/mol. The van der Waals surface area contributed by atoms with Crippen molar-refractivity contribution >= 4 is 11.9 Å². The van der Waals surface area contributed by atoms with Gasteiger partial charge in [0.05, 0.1) is 12.1 Å². The van der Waals surface area contributed by atoms with E-state index in [1.807, 2.05) is 13.8 Å². The largest absolute Gasteiger partial charge is 0.478 e. The maximum absolute atomic E-state index is 11.6. The summed E-state index contributed by atoms with van der Waals surface area (Å²) in [5.74, 6) is -1.06. The van der Waals surface area contributed by atoms with Crippen LogP contribution in [0.15, 0.2) is 24.3 Å². The van der Waals surface area contributed by atoms with E-state index >= 15 is 0 Å². The molecule has 5 nitrogen and oxygen atoms in total. The topological polar surface area (TPSA) is 78.4 Å². The molecule has 1 amide bonds. The Balaban J connectivity index is 2.42. The molecule has 19 heavy (non-hydrogen) atoms. The third-order valence-electron chi connectivity index (χ3n) is 2.89. The molecule has 5 heteroatoms. The third kappa shape index (κ3) is 5.52. The minimum atomic E-state index is -0.966. The molecule has 0 aliphatic heterocycles. The first-order valence-corrected chi connectivity index (χ1v) is 6.35. The minimum absolute atomic E-state index is 0.0963. The van der Waals surface area contributed by atoms with Gasteiger partial charge in [-0.05, 0) is 31.0 Å². The van der Waals surface area contributed by atoms with Crippen LogP contribution in [0.3, 0.4) is 0 Å². The van der Waals surface area contributed by atoms with Crippen LogP contribution in [0.1, 0.15) is 36.2 Å². The van der Waals surface area contributed by atoms with E-state index < -0.39 is 5.97 Å². The second kappa shape index (κ2) is 7.53. The molecule has 0 saturated heterocycles. The van der Waals surface area contributed by atoms with Crippen molar-refractivity contribution in [3.8, 4) is 0 Å². The Morgan fingerprint density at radius 1 is 1.37 bits per heavy atom. The highest BCUT2D eigenvalue weighted by atomic mass is 16.4. The molecule has 104 valence electrons. The van der Waals surface area contributed by atoms with Crippen LogP contribution in [0, 0.1) is 0 Å². The first kappa shape index (κ1) is 15.2. The molecule has 1 atom stereocenters. The quantitative estimate of drug-likeness (QED) is 0.695. The molecular weight excluding hydrogens is 244 g/mol. The number of amides is 1. The van der Waals surface area contributed by atoms with Crippen molar-refractivity contribution < 1.29 is 14.7 Å². The van der Waals surface area contributed by atoms with Gasteiger partial charge in [0.15, 0.2) is 0 Å². The second-order valence-electron chi connectivity index (χ2n) is 4.47. The Labute approximate surface area is 113 Å². The number of carboxylic acids is 1. The number of rotatable bonds is 7. The third-order valence-corrected chi connectivity index (χ3v) is 2.89. The van der Waals surface area contributed by atoms with Crippen molar-refractivity contribution in [1.29, 1.82) is 0 Å². The van der Waals surface area contributed by atoms with Gasteiger partial charge in [-0.2, -0.15) is 0 Å². The van der Waals surface area contributed by atoms with Crippen molar-refractivity contribution in [3.63, 3.8) is 0 Å². The summed E-state index contributed by atoms with van der Waals surface area (Å²) in [7, 11) is 0. The molecule has 3 N–H and O–H groups in total. The van der Waals surface area contributed by atoms with Crippen LogP contribution in [-0.2, 0) is 11.3 Å². The van der Waals surface area contributed by atoms with E-state index in [1.165, 1.54) is 6.07 Å². The molecule has 0 aliphatic rings. The Morgan fingerprint density at radius 3 is 2.74 bits per heavy atom. The fourth-order valence-electron chi connectivity index (χ4n) is 1.49. The molecule has 1 unspecified atom stereocenters. The minimum Gasteiger partial charge on any atom is -0.478 e. The number of nitrogens with one attached hydrogen (secondary N) is 2. The zero-order valence-corrected chi connectivity index (χ0v) is 11.3.